The van der Waals surface area contributed by atoms with E-state index in [1.807, 2.05) is 0 Å². The number of rotatable bonds is 49. The van der Waals surface area contributed by atoms with Gasteiger partial charge < -0.3 is 14.2 Å². The van der Waals surface area contributed by atoms with E-state index in [0.29, 0.717) is 19.3 Å². The van der Waals surface area contributed by atoms with E-state index in [2.05, 4.69) is 93.7 Å². The van der Waals surface area contributed by atoms with Crippen LogP contribution in [0.3, 0.4) is 0 Å². The van der Waals surface area contributed by atoms with Crippen LogP contribution < -0.4 is 0 Å². The molecule has 0 spiro atoms. The number of unbranched alkanes of at least 4 members (excludes halogenated alkanes) is 26. The average Bonchev–Trinajstić information content (AvgIpc) is 3.30. The molecule has 374 valence electrons. The van der Waals surface area contributed by atoms with Crippen LogP contribution in [0.25, 0.3) is 0 Å². The van der Waals surface area contributed by atoms with Crippen molar-refractivity contribution >= 4 is 17.9 Å². The quantitative estimate of drug-likeness (QED) is 0.0262. The van der Waals surface area contributed by atoms with Gasteiger partial charge in [0.25, 0.3) is 0 Å². The van der Waals surface area contributed by atoms with E-state index in [1.54, 1.807) is 0 Å². The molecule has 0 aromatic rings. The first-order valence-electron chi connectivity index (χ1n) is 27.4. The Morgan fingerprint density at radius 3 is 0.954 bits per heavy atom. The smallest absolute Gasteiger partial charge is 0.306 e. The van der Waals surface area contributed by atoms with Gasteiger partial charge in [-0.1, -0.05) is 229 Å². The molecule has 0 aromatic carbocycles. The van der Waals surface area contributed by atoms with Crippen molar-refractivity contribution in [3.63, 3.8) is 0 Å². The lowest BCUT2D eigenvalue weighted by molar-refractivity contribution is -0.167. The molecule has 0 rings (SSSR count). The molecule has 0 aromatic heterocycles. The first-order valence-corrected chi connectivity index (χ1v) is 27.4. The Morgan fingerprint density at radius 1 is 0.323 bits per heavy atom. The van der Waals surface area contributed by atoms with Crippen LogP contribution >= 0.6 is 0 Å². The molecule has 0 aliphatic carbocycles. The van der Waals surface area contributed by atoms with Crippen LogP contribution in [0.5, 0.6) is 0 Å². The van der Waals surface area contributed by atoms with Gasteiger partial charge in [-0.2, -0.15) is 0 Å². The number of esters is 3. The number of carbonyl (C=O) groups is 3. The van der Waals surface area contributed by atoms with Crippen LogP contribution in [0.15, 0.2) is 72.9 Å². The zero-order valence-electron chi connectivity index (χ0n) is 42.7. The first-order chi connectivity index (χ1) is 32.0. The van der Waals surface area contributed by atoms with E-state index in [4.69, 9.17) is 14.2 Å². The predicted molar refractivity (Wildman–Crippen MR) is 279 cm³/mol. The highest BCUT2D eigenvalue weighted by Crippen LogP contribution is 2.15. The highest BCUT2D eigenvalue weighted by Gasteiger charge is 2.19. The van der Waals surface area contributed by atoms with Gasteiger partial charge in [0.2, 0.25) is 0 Å². The molecule has 6 nitrogen and oxygen atoms in total. The summed E-state index contributed by atoms with van der Waals surface area (Å²) >= 11 is 0. The van der Waals surface area contributed by atoms with E-state index in [-0.39, 0.29) is 31.1 Å². The van der Waals surface area contributed by atoms with Crippen molar-refractivity contribution in [2.75, 3.05) is 13.2 Å². The summed E-state index contributed by atoms with van der Waals surface area (Å²) in [6, 6.07) is 0. The fourth-order valence-corrected chi connectivity index (χ4v) is 7.58. The minimum absolute atomic E-state index is 0.0800. The summed E-state index contributed by atoms with van der Waals surface area (Å²) in [6.45, 7) is 6.44. The molecule has 0 aliphatic rings. The van der Waals surface area contributed by atoms with Crippen molar-refractivity contribution in [1.29, 1.82) is 0 Å². The average molecular weight is 907 g/mol. The van der Waals surface area contributed by atoms with Crippen molar-refractivity contribution in [3.05, 3.63) is 72.9 Å². The van der Waals surface area contributed by atoms with Gasteiger partial charge in [-0.15, -0.1) is 0 Å². The minimum atomic E-state index is -0.777. The van der Waals surface area contributed by atoms with Crippen molar-refractivity contribution < 1.29 is 28.6 Å². The molecule has 0 saturated carbocycles. The second-order valence-corrected chi connectivity index (χ2v) is 18.1. The van der Waals surface area contributed by atoms with Crippen LogP contribution in [-0.4, -0.2) is 37.2 Å². The molecule has 0 fully saturated rings. The third-order valence-corrected chi connectivity index (χ3v) is 11.7. The maximum absolute atomic E-state index is 12.8. The number of ether oxygens (including phenoxy) is 3. The predicted octanol–water partition coefficient (Wildman–Crippen LogP) is 18.2. The SMILES string of the molecule is CC/C=C\C/C=C\C/C=C\C/C=C\C/C=C\CCCCCCCCCC(=O)OCC(COC(=O)CCCCCCC)OC(=O)CCCCCCCCCCC/C=C\CCCCCCCC. The van der Waals surface area contributed by atoms with Crippen molar-refractivity contribution in [3.8, 4) is 0 Å². The lowest BCUT2D eigenvalue weighted by Crippen LogP contribution is -2.30. The molecular formula is C59H102O6. The van der Waals surface area contributed by atoms with Gasteiger partial charge in [0.1, 0.15) is 13.2 Å². The minimum Gasteiger partial charge on any atom is -0.462 e. The van der Waals surface area contributed by atoms with Gasteiger partial charge in [0.05, 0.1) is 0 Å². The standard InChI is InChI=1S/C59H102O6/c1-4-7-10-13-15-17-19-21-23-25-27-28-29-30-32-33-35-37-39-41-43-46-49-52-58(61)64-55-56(54-63-57(60)51-48-45-12-9-6-3)65-59(62)53-50-47-44-42-40-38-36-34-31-26-24-22-20-18-16-14-11-8-5-2/h7,10,15,17,21-24,27-28,30,32,56H,4-6,8-9,11-14,16,18-20,25-26,29,31,33-55H2,1-3H3/b10-7-,17-15-,23-21-,24-22-,28-27-,32-30-. The highest BCUT2D eigenvalue weighted by molar-refractivity contribution is 5.71. The second-order valence-electron chi connectivity index (χ2n) is 18.1. The molecule has 0 saturated heterocycles. The summed E-state index contributed by atoms with van der Waals surface area (Å²) in [5, 5.41) is 0. The Balaban J connectivity index is 4.15. The summed E-state index contributed by atoms with van der Waals surface area (Å²) in [7, 11) is 0. The van der Waals surface area contributed by atoms with Gasteiger partial charge in [-0.3, -0.25) is 14.4 Å². The largest absolute Gasteiger partial charge is 0.462 e. The number of allylic oxidation sites excluding steroid dienone is 12. The zero-order valence-corrected chi connectivity index (χ0v) is 42.7. The highest BCUT2D eigenvalue weighted by atomic mass is 16.6. The molecule has 1 unspecified atom stereocenters. The summed E-state index contributed by atoms with van der Waals surface area (Å²) in [4.78, 5) is 37.8. The maximum atomic E-state index is 12.8. The van der Waals surface area contributed by atoms with Gasteiger partial charge in [-0.25, -0.2) is 0 Å². The van der Waals surface area contributed by atoms with Crippen molar-refractivity contribution in [1.82, 2.24) is 0 Å². The van der Waals surface area contributed by atoms with Crippen molar-refractivity contribution in [2.45, 2.75) is 271 Å². The van der Waals surface area contributed by atoms with Crippen LogP contribution in [0.2, 0.25) is 0 Å². The maximum Gasteiger partial charge on any atom is 0.306 e. The van der Waals surface area contributed by atoms with E-state index in [0.717, 1.165) is 103 Å². The molecule has 0 aliphatic heterocycles. The van der Waals surface area contributed by atoms with E-state index < -0.39 is 6.10 Å². The summed E-state index contributed by atoms with van der Waals surface area (Å²) in [5.74, 6) is -0.903. The fraction of sp³-hybridized carbons (Fsp3) is 0.746. The summed E-state index contributed by atoms with van der Waals surface area (Å²) in [5.41, 5.74) is 0. The molecule has 0 amide bonds. The monoisotopic (exact) mass is 907 g/mol. The normalized spacial score (nSPS) is 12.6. The van der Waals surface area contributed by atoms with Crippen LogP contribution in [0.4, 0.5) is 0 Å². The van der Waals surface area contributed by atoms with Gasteiger partial charge in [0, 0.05) is 19.3 Å². The Hall–Kier alpha value is -3.15. The fourth-order valence-electron chi connectivity index (χ4n) is 7.58. The Kier molecular flexibility index (Phi) is 50.9. The topological polar surface area (TPSA) is 78.9 Å². The summed E-state index contributed by atoms with van der Waals surface area (Å²) in [6.07, 6.45) is 67.8. The van der Waals surface area contributed by atoms with E-state index in [1.165, 1.54) is 122 Å². The Morgan fingerprint density at radius 2 is 0.600 bits per heavy atom. The molecule has 0 radical (unpaired) electrons. The van der Waals surface area contributed by atoms with Gasteiger partial charge in [0.15, 0.2) is 6.10 Å². The van der Waals surface area contributed by atoms with E-state index in [9.17, 15) is 14.4 Å². The summed E-state index contributed by atoms with van der Waals surface area (Å²) < 4.78 is 16.7. The van der Waals surface area contributed by atoms with E-state index >= 15 is 0 Å². The Bertz CT molecular complexity index is 1230. The molecule has 6 heteroatoms. The van der Waals surface area contributed by atoms with Gasteiger partial charge >= 0.3 is 17.9 Å². The lowest BCUT2D eigenvalue weighted by atomic mass is 10.1. The number of hydrogen-bond donors (Lipinski definition) is 0. The zero-order chi connectivity index (χ0) is 47.2. The number of carbonyl (C=O) groups excluding carboxylic acids is 3. The third kappa shape index (κ3) is 51.7. The molecule has 0 bridgehead atoms. The van der Waals surface area contributed by atoms with Crippen LogP contribution in [-0.2, 0) is 28.6 Å². The van der Waals surface area contributed by atoms with Crippen LogP contribution in [0.1, 0.15) is 265 Å². The van der Waals surface area contributed by atoms with Crippen LogP contribution in [0, 0.1) is 0 Å². The molecule has 0 N–H and O–H groups in total. The molecule has 65 heavy (non-hydrogen) atoms. The molecule has 1 atom stereocenters. The van der Waals surface area contributed by atoms with Crippen molar-refractivity contribution in [2.24, 2.45) is 0 Å². The first kappa shape index (κ1) is 61.9. The van der Waals surface area contributed by atoms with Gasteiger partial charge in [-0.05, 0) is 89.9 Å². The second kappa shape index (κ2) is 53.5. The number of hydrogen-bond acceptors (Lipinski definition) is 6. The molecule has 0 heterocycles. The lowest BCUT2D eigenvalue weighted by Gasteiger charge is -2.18. The Labute approximate surface area is 402 Å². The third-order valence-electron chi connectivity index (χ3n) is 11.7. The molecular weight excluding hydrogens is 805 g/mol.